The van der Waals surface area contributed by atoms with E-state index < -0.39 is 0 Å². The van der Waals surface area contributed by atoms with Gasteiger partial charge < -0.3 is 4.74 Å². The molecular weight excluding hydrogens is 270 g/mol. The highest BCUT2D eigenvalue weighted by atomic mass is 16.5. The summed E-state index contributed by atoms with van der Waals surface area (Å²) in [5, 5.41) is 8.56. The van der Waals surface area contributed by atoms with Crippen molar-refractivity contribution in [2.24, 2.45) is 0 Å². The number of hydrogen-bond acceptors (Lipinski definition) is 5. The van der Waals surface area contributed by atoms with Crippen LogP contribution in [-0.4, -0.2) is 27.1 Å². The molecule has 0 aliphatic carbocycles. The minimum Gasteiger partial charge on any atom is -0.463 e. The van der Waals surface area contributed by atoms with Crippen LogP contribution in [0.2, 0.25) is 0 Å². The first kappa shape index (κ1) is 15.2. The quantitative estimate of drug-likeness (QED) is 0.600. The molecule has 112 valence electrons. The topological polar surface area (TPSA) is 74.1 Å². The van der Waals surface area contributed by atoms with Crippen molar-refractivity contribution in [2.75, 3.05) is 0 Å². The Hall–Kier alpha value is -2.24. The zero-order valence-electron chi connectivity index (χ0n) is 12.3. The van der Waals surface area contributed by atoms with Gasteiger partial charge in [-0.15, -0.1) is 5.10 Å². The van der Waals surface area contributed by atoms with Crippen LogP contribution in [0.4, 0.5) is 0 Å². The fourth-order valence-electron chi connectivity index (χ4n) is 2.21. The lowest BCUT2D eigenvalue weighted by Gasteiger charge is -2.11. The van der Waals surface area contributed by atoms with E-state index in [1.807, 2.05) is 19.1 Å². The number of fused-ring (bicyclic) bond motifs is 1. The van der Waals surface area contributed by atoms with E-state index in [0.717, 1.165) is 19.3 Å². The summed E-state index contributed by atoms with van der Waals surface area (Å²) >= 11 is 0. The Labute approximate surface area is 122 Å². The number of ether oxygens (including phenoxy) is 1. The highest BCUT2D eigenvalue weighted by Gasteiger charge is 2.07. The second-order valence-electron chi connectivity index (χ2n) is 5.05. The lowest BCUT2D eigenvalue weighted by Crippen LogP contribution is -2.24. The second kappa shape index (κ2) is 6.97. The van der Waals surface area contributed by atoms with Crippen molar-refractivity contribution in [1.82, 2.24) is 15.0 Å². The van der Waals surface area contributed by atoms with E-state index in [1.54, 1.807) is 12.1 Å². The number of aromatic nitrogens is 3. The first-order chi connectivity index (χ1) is 10.1. The summed E-state index contributed by atoms with van der Waals surface area (Å²) in [6.45, 7) is 3.79. The molecule has 0 bridgehead atoms. The van der Waals surface area contributed by atoms with Gasteiger partial charge in [0.1, 0.15) is 5.52 Å². The number of rotatable bonds is 6. The lowest BCUT2D eigenvalue weighted by molar-refractivity contribution is -0.145. The van der Waals surface area contributed by atoms with Crippen LogP contribution >= 0.6 is 0 Å². The van der Waals surface area contributed by atoms with Gasteiger partial charge in [-0.1, -0.05) is 17.3 Å². The number of hydrogen-bond donors (Lipinski definition) is 0. The smallest absolute Gasteiger partial charge is 0.302 e. The fourth-order valence-corrected chi connectivity index (χ4v) is 2.21. The van der Waals surface area contributed by atoms with Gasteiger partial charge in [0.15, 0.2) is 0 Å². The molecule has 1 aromatic heterocycles. The fraction of sp³-hybridized carbons (Fsp3) is 0.467. The van der Waals surface area contributed by atoms with Crippen LogP contribution in [-0.2, 0) is 16.1 Å². The third-order valence-electron chi connectivity index (χ3n) is 3.23. The summed E-state index contributed by atoms with van der Waals surface area (Å²) < 4.78 is 6.44. The van der Waals surface area contributed by atoms with Crippen LogP contribution in [0.1, 0.15) is 33.1 Å². The first-order valence-electron chi connectivity index (χ1n) is 7.07. The van der Waals surface area contributed by atoms with Crippen LogP contribution in [0, 0.1) is 0 Å². The molecule has 0 N–H and O–H groups in total. The Kier molecular flexibility index (Phi) is 5.03. The molecule has 1 heterocycles. The SMILES string of the molecule is CC(=O)O[C@H](C)CCCCn1nnc2ccccc2c1=O. The van der Waals surface area contributed by atoms with Crippen molar-refractivity contribution in [3.8, 4) is 0 Å². The number of benzene rings is 1. The highest BCUT2D eigenvalue weighted by molar-refractivity contribution is 5.76. The Morgan fingerprint density at radius 1 is 1.33 bits per heavy atom. The first-order valence-corrected chi connectivity index (χ1v) is 7.07. The minimum atomic E-state index is -0.265. The van der Waals surface area contributed by atoms with E-state index in [1.165, 1.54) is 11.6 Å². The van der Waals surface area contributed by atoms with E-state index >= 15 is 0 Å². The number of unbranched alkanes of at least 4 members (excludes halogenated alkanes) is 1. The summed E-state index contributed by atoms with van der Waals surface area (Å²) in [6.07, 6.45) is 2.32. The van der Waals surface area contributed by atoms with Crippen LogP contribution in [0.5, 0.6) is 0 Å². The van der Waals surface area contributed by atoms with Gasteiger partial charge in [-0.05, 0) is 38.3 Å². The molecular formula is C15H19N3O3. The average Bonchev–Trinajstić information content (AvgIpc) is 2.45. The second-order valence-corrected chi connectivity index (χ2v) is 5.05. The summed E-state index contributed by atoms with van der Waals surface area (Å²) in [6, 6.07) is 7.17. The molecule has 21 heavy (non-hydrogen) atoms. The third-order valence-corrected chi connectivity index (χ3v) is 3.23. The van der Waals surface area contributed by atoms with Crippen LogP contribution < -0.4 is 5.56 Å². The van der Waals surface area contributed by atoms with Gasteiger partial charge in [0.2, 0.25) is 0 Å². The minimum absolute atomic E-state index is 0.0955. The molecule has 0 fully saturated rings. The third kappa shape index (κ3) is 4.11. The largest absolute Gasteiger partial charge is 0.463 e. The molecule has 0 saturated heterocycles. The molecule has 1 atom stereocenters. The van der Waals surface area contributed by atoms with Crippen molar-refractivity contribution in [2.45, 2.75) is 45.8 Å². The highest BCUT2D eigenvalue weighted by Crippen LogP contribution is 2.07. The molecule has 0 aliphatic heterocycles. The molecule has 2 aromatic rings. The molecule has 6 heteroatoms. The molecule has 0 amide bonds. The standard InChI is InChI=1S/C15H19N3O3/c1-11(21-12(2)19)7-5-6-10-18-15(20)13-8-3-4-9-14(13)16-17-18/h3-4,8-9,11H,5-7,10H2,1-2H3/t11-/m1/s1. The molecule has 6 nitrogen and oxygen atoms in total. The maximum absolute atomic E-state index is 12.2. The van der Waals surface area contributed by atoms with Crippen molar-refractivity contribution >= 4 is 16.9 Å². The summed E-state index contributed by atoms with van der Waals surface area (Å²) in [5.74, 6) is -0.265. The van der Waals surface area contributed by atoms with Gasteiger partial charge in [0, 0.05) is 13.5 Å². The molecule has 0 aliphatic rings. The number of aryl methyl sites for hydroxylation is 1. The van der Waals surface area contributed by atoms with Crippen molar-refractivity contribution < 1.29 is 9.53 Å². The summed E-state index contributed by atoms with van der Waals surface area (Å²) in [5.41, 5.74) is 0.496. The van der Waals surface area contributed by atoms with E-state index in [4.69, 9.17) is 4.74 Å². The molecule has 1 aromatic carbocycles. The molecule has 0 spiro atoms. The Morgan fingerprint density at radius 2 is 2.10 bits per heavy atom. The van der Waals surface area contributed by atoms with Crippen LogP contribution in [0.15, 0.2) is 29.1 Å². The number of nitrogens with zero attached hydrogens (tertiary/aromatic N) is 3. The zero-order chi connectivity index (χ0) is 15.2. The van der Waals surface area contributed by atoms with E-state index in [2.05, 4.69) is 10.3 Å². The maximum atomic E-state index is 12.2. The van der Waals surface area contributed by atoms with Crippen molar-refractivity contribution in [3.63, 3.8) is 0 Å². The predicted octanol–water partition coefficient (Wildman–Crippen LogP) is 1.91. The van der Waals surface area contributed by atoms with E-state index in [0.29, 0.717) is 17.4 Å². The molecule has 0 unspecified atom stereocenters. The molecule has 0 saturated carbocycles. The normalized spacial score (nSPS) is 12.3. The van der Waals surface area contributed by atoms with Gasteiger partial charge in [0.05, 0.1) is 11.5 Å². The number of esters is 1. The lowest BCUT2D eigenvalue weighted by atomic mass is 10.2. The van der Waals surface area contributed by atoms with Crippen LogP contribution in [0.25, 0.3) is 10.9 Å². The predicted molar refractivity (Wildman–Crippen MR) is 78.9 cm³/mol. The zero-order valence-corrected chi connectivity index (χ0v) is 12.3. The molecule has 2 rings (SSSR count). The van der Waals surface area contributed by atoms with Gasteiger partial charge >= 0.3 is 5.97 Å². The number of carbonyl (C=O) groups is 1. The average molecular weight is 289 g/mol. The van der Waals surface area contributed by atoms with Gasteiger partial charge in [-0.25, -0.2) is 4.68 Å². The Morgan fingerprint density at radius 3 is 2.86 bits per heavy atom. The van der Waals surface area contributed by atoms with Crippen LogP contribution in [0.3, 0.4) is 0 Å². The maximum Gasteiger partial charge on any atom is 0.302 e. The summed E-state index contributed by atoms with van der Waals surface area (Å²) in [4.78, 5) is 23.0. The van der Waals surface area contributed by atoms with Crippen molar-refractivity contribution in [3.05, 3.63) is 34.6 Å². The Bertz CT molecular complexity index is 681. The number of carbonyl (C=O) groups excluding carboxylic acids is 1. The Balaban J connectivity index is 1.91. The van der Waals surface area contributed by atoms with Crippen molar-refractivity contribution in [1.29, 1.82) is 0 Å². The molecule has 0 radical (unpaired) electrons. The summed E-state index contributed by atoms with van der Waals surface area (Å²) in [7, 11) is 0. The van der Waals surface area contributed by atoms with Gasteiger partial charge in [-0.3, -0.25) is 9.59 Å². The van der Waals surface area contributed by atoms with E-state index in [-0.39, 0.29) is 17.6 Å². The van der Waals surface area contributed by atoms with Gasteiger partial charge in [0.25, 0.3) is 5.56 Å². The van der Waals surface area contributed by atoms with Gasteiger partial charge in [-0.2, -0.15) is 0 Å². The van der Waals surface area contributed by atoms with E-state index in [9.17, 15) is 9.59 Å². The monoisotopic (exact) mass is 289 g/mol.